The van der Waals surface area contributed by atoms with Gasteiger partial charge < -0.3 is 10.7 Å². The van der Waals surface area contributed by atoms with Gasteiger partial charge in [-0.15, -0.1) is 6.58 Å². The zero-order valence-corrected chi connectivity index (χ0v) is 7.21. The number of nitrogens with zero attached hydrogens (tertiary/aromatic N) is 1. The lowest BCUT2D eigenvalue weighted by Crippen LogP contribution is -2.01. The van der Waals surface area contributed by atoms with Gasteiger partial charge in [-0.2, -0.15) is 0 Å². The van der Waals surface area contributed by atoms with Crippen molar-refractivity contribution in [1.82, 2.24) is 9.97 Å². The molecule has 1 aromatic rings. The van der Waals surface area contributed by atoms with Gasteiger partial charge in [-0.05, 0) is 13.0 Å². The van der Waals surface area contributed by atoms with E-state index in [4.69, 9.17) is 5.73 Å². The lowest BCUT2D eigenvalue weighted by Gasteiger charge is -1.91. The maximum Gasteiger partial charge on any atom is 0.106 e. The molecule has 0 unspecified atom stereocenters. The van der Waals surface area contributed by atoms with Crippen molar-refractivity contribution < 1.29 is 0 Å². The maximum absolute atomic E-state index is 5.38. The van der Waals surface area contributed by atoms with Crippen molar-refractivity contribution in [2.24, 2.45) is 5.73 Å². The number of rotatable bonds is 5. The van der Waals surface area contributed by atoms with Crippen molar-refractivity contribution in [3.05, 3.63) is 30.4 Å². The number of allylic oxidation sites excluding steroid dienone is 1. The Balaban J connectivity index is 2.46. The summed E-state index contributed by atoms with van der Waals surface area (Å²) in [5.41, 5.74) is 6.44. The molecule has 1 aromatic heterocycles. The van der Waals surface area contributed by atoms with Crippen LogP contribution in [0.3, 0.4) is 0 Å². The van der Waals surface area contributed by atoms with Crippen LogP contribution in [0, 0.1) is 0 Å². The number of nitrogens with one attached hydrogen (secondary N) is 1. The smallest absolute Gasteiger partial charge is 0.106 e. The molecule has 0 atom stereocenters. The van der Waals surface area contributed by atoms with Crippen LogP contribution in [-0.2, 0) is 12.8 Å². The second kappa shape index (κ2) is 4.72. The van der Waals surface area contributed by atoms with Crippen molar-refractivity contribution in [2.75, 3.05) is 6.54 Å². The minimum absolute atomic E-state index is 0.720. The van der Waals surface area contributed by atoms with Gasteiger partial charge in [0.1, 0.15) is 5.82 Å². The molecule has 3 nitrogen and oxygen atoms in total. The molecule has 0 radical (unpaired) electrons. The van der Waals surface area contributed by atoms with Crippen molar-refractivity contribution in [3.63, 3.8) is 0 Å². The highest BCUT2D eigenvalue weighted by atomic mass is 14.9. The Morgan fingerprint density at radius 1 is 1.67 bits per heavy atom. The molecule has 0 fully saturated rings. The highest BCUT2D eigenvalue weighted by molar-refractivity contribution is 5.04. The van der Waals surface area contributed by atoms with Gasteiger partial charge in [0.15, 0.2) is 0 Å². The highest BCUT2D eigenvalue weighted by Gasteiger charge is 1.97. The monoisotopic (exact) mass is 165 g/mol. The fourth-order valence-electron chi connectivity index (χ4n) is 1.05. The fraction of sp³-hybridized carbons (Fsp3) is 0.444. The third kappa shape index (κ3) is 2.51. The Morgan fingerprint density at radius 2 is 2.50 bits per heavy atom. The standard InChI is InChI=1S/C9H15N3/c1-2-4-8-7-11-9(12-8)5-3-6-10/h2,7H,1,3-6,10H2,(H,11,12). The van der Waals surface area contributed by atoms with Crippen LogP contribution in [0.25, 0.3) is 0 Å². The van der Waals surface area contributed by atoms with Crippen LogP contribution < -0.4 is 5.73 Å². The molecule has 0 amide bonds. The molecule has 3 heteroatoms. The molecule has 3 N–H and O–H groups in total. The summed E-state index contributed by atoms with van der Waals surface area (Å²) in [6.07, 6.45) is 6.53. The van der Waals surface area contributed by atoms with Gasteiger partial charge in [-0.25, -0.2) is 4.98 Å². The molecule has 0 aliphatic carbocycles. The first-order valence-corrected chi connectivity index (χ1v) is 4.21. The second-order valence-electron chi connectivity index (χ2n) is 2.72. The lowest BCUT2D eigenvalue weighted by molar-refractivity contribution is 0.791. The number of nitrogens with two attached hydrogens (primary N) is 1. The van der Waals surface area contributed by atoms with Crippen LogP contribution in [0.5, 0.6) is 0 Å². The van der Waals surface area contributed by atoms with E-state index < -0.39 is 0 Å². The fourth-order valence-corrected chi connectivity index (χ4v) is 1.05. The topological polar surface area (TPSA) is 54.7 Å². The SMILES string of the molecule is C=CCc1c[nH]c(CCCN)n1. The Bertz CT molecular complexity index is 240. The zero-order chi connectivity index (χ0) is 8.81. The van der Waals surface area contributed by atoms with Crippen molar-refractivity contribution in [3.8, 4) is 0 Å². The van der Waals surface area contributed by atoms with E-state index in [1.165, 1.54) is 0 Å². The number of imidazole rings is 1. The van der Waals surface area contributed by atoms with E-state index in [1.807, 2.05) is 12.3 Å². The third-order valence-electron chi connectivity index (χ3n) is 1.66. The summed E-state index contributed by atoms with van der Waals surface area (Å²) in [4.78, 5) is 7.47. The number of aryl methyl sites for hydroxylation is 1. The summed E-state index contributed by atoms with van der Waals surface area (Å²) in [5.74, 6) is 1.03. The number of hydrogen-bond donors (Lipinski definition) is 2. The van der Waals surface area contributed by atoms with Gasteiger partial charge in [-0.3, -0.25) is 0 Å². The molecule has 0 spiro atoms. The molecule has 0 aromatic carbocycles. The first-order chi connectivity index (χ1) is 5.86. The molecule has 0 bridgehead atoms. The summed E-state index contributed by atoms with van der Waals surface area (Å²) in [6.45, 7) is 4.37. The number of H-pyrrole nitrogens is 1. The van der Waals surface area contributed by atoms with E-state index in [0.717, 1.165) is 37.3 Å². The number of hydrogen-bond acceptors (Lipinski definition) is 2. The van der Waals surface area contributed by atoms with E-state index in [1.54, 1.807) is 0 Å². The van der Waals surface area contributed by atoms with E-state index in [2.05, 4.69) is 16.5 Å². The summed E-state index contributed by atoms with van der Waals surface area (Å²) in [6, 6.07) is 0. The molecule has 66 valence electrons. The minimum Gasteiger partial charge on any atom is -0.348 e. The predicted octanol–water partition coefficient (Wildman–Crippen LogP) is 1.03. The molecule has 12 heavy (non-hydrogen) atoms. The summed E-state index contributed by atoms with van der Waals surface area (Å²) in [7, 11) is 0. The molecular formula is C9H15N3. The summed E-state index contributed by atoms with van der Waals surface area (Å²) < 4.78 is 0. The van der Waals surface area contributed by atoms with Crippen LogP contribution in [0.4, 0.5) is 0 Å². The van der Waals surface area contributed by atoms with Gasteiger partial charge in [-0.1, -0.05) is 6.08 Å². The summed E-state index contributed by atoms with van der Waals surface area (Å²) in [5, 5.41) is 0. The predicted molar refractivity (Wildman–Crippen MR) is 49.9 cm³/mol. The second-order valence-corrected chi connectivity index (χ2v) is 2.72. The number of aromatic amines is 1. The summed E-state index contributed by atoms with van der Waals surface area (Å²) >= 11 is 0. The first-order valence-electron chi connectivity index (χ1n) is 4.21. The Labute approximate surface area is 72.7 Å². The van der Waals surface area contributed by atoms with E-state index in [-0.39, 0.29) is 0 Å². The van der Waals surface area contributed by atoms with E-state index in [0.29, 0.717) is 0 Å². The van der Waals surface area contributed by atoms with Crippen LogP contribution in [0.2, 0.25) is 0 Å². The van der Waals surface area contributed by atoms with Gasteiger partial charge in [0.05, 0.1) is 5.69 Å². The molecule has 0 saturated heterocycles. The highest BCUT2D eigenvalue weighted by Crippen LogP contribution is 2.00. The molecule has 1 rings (SSSR count). The molecule has 0 aliphatic heterocycles. The van der Waals surface area contributed by atoms with Crippen LogP contribution in [-0.4, -0.2) is 16.5 Å². The maximum atomic E-state index is 5.38. The molecule has 1 heterocycles. The van der Waals surface area contributed by atoms with E-state index in [9.17, 15) is 0 Å². The van der Waals surface area contributed by atoms with Gasteiger partial charge >= 0.3 is 0 Å². The van der Waals surface area contributed by atoms with Gasteiger partial charge in [0.2, 0.25) is 0 Å². The first kappa shape index (κ1) is 9.00. The number of aromatic nitrogens is 2. The van der Waals surface area contributed by atoms with Crippen LogP contribution >= 0.6 is 0 Å². The lowest BCUT2D eigenvalue weighted by atomic mass is 10.3. The minimum atomic E-state index is 0.720. The van der Waals surface area contributed by atoms with Crippen molar-refractivity contribution in [1.29, 1.82) is 0 Å². The van der Waals surface area contributed by atoms with Gasteiger partial charge in [0.25, 0.3) is 0 Å². The average Bonchev–Trinajstić information content (AvgIpc) is 2.50. The Hall–Kier alpha value is -1.09. The van der Waals surface area contributed by atoms with Crippen molar-refractivity contribution in [2.45, 2.75) is 19.3 Å². The Morgan fingerprint density at radius 3 is 3.17 bits per heavy atom. The largest absolute Gasteiger partial charge is 0.348 e. The van der Waals surface area contributed by atoms with E-state index >= 15 is 0 Å². The molecule has 0 aliphatic rings. The van der Waals surface area contributed by atoms with Crippen molar-refractivity contribution >= 4 is 0 Å². The molecule has 0 saturated carbocycles. The third-order valence-corrected chi connectivity index (χ3v) is 1.66. The molecular weight excluding hydrogens is 150 g/mol. The average molecular weight is 165 g/mol. The van der Waals surface area contributed by atoms with Gasteiger partial charge in [0, 0.05) is 19.0 Å². The quantitative estimate of drug-likeness (QED) is 0.640. The zero-order valence-electron chi connectivity index (χ0n) is 7.21. The normalized spacial score (nSPS) is 10.1. The van der Waals surface area contributed by atoms with Crippen LogP contribution in [0.1, 0.15) is 17.9 Å². The Kier molecular flexibility index (Phi) is 3.54. The van der Waals surface area contributed by atoms with Crippen LogP contribution in [0.15, 0.2) is 18.9 Å².